The predicted octanol–water partition coefficient (Wildman–Crippen LogP) is 1.66. The van der Waals surface area contributed by atoms with Crippen molar-refractivity contribution in [3.63, 3.8) is 0 Å². The fourth-order valence-corrected chi connectivity index (χ4v) is 2.64. The molecule has 0 fully saturated rings. The highest BCUT2D eigenvalue weighted by Crippen LogP contribution is 2.21. The number of hydrogen-bond donors (Lipinski definition) is 5. The molecule has 3 aromatic rings. The lowest BCUT2D eigenvalue weighted by molar-refractivity contribution is 0.0852. The number of aromatic amines is 2. The molecule has 0 aliphatic carbocycles. The van der Waals surface area contributed by atoms with Crippen molar-refractivity contribution >= 4 is 5.91 Å². The molecule has 2 atom stereocenters. The minimum absolute atomic E-state index is 0.0127. The second-order valence-electron chi connectivity index (χ2n) is 6.23. The maximum absolute atomic E-state index is 12.5. The molecule has 2 aromatic carbocycles. The fourth-order valence-electron chi connectivity index (χ4n) is 2.64. The Bertz CT molecular complexity index is 1070. The Kier molecular flexibility index (Phi) is 5.63. The molecule has 1 amide bonds. The minimum atomic E-state index is -1.04. The number of hydrogen-bond acceptors (Lipinski definition) is 4. The number of benzene rings is 2. The zero-order valence-corrected chi connectivity index (χ0v) is 15.1. The molecule has 0 bridgehead atoms. The Morgan fingerprint density at radius 2 is 1.61 bits per heavy atom. The van der Waals surface area contributed by atoms with Crippen LogP contribution in [0, 0.1) is 11.8 Å². The van der Waals surface area contributed by atoms with Crippen LogP contribution in [0.5, 0.6) is 5.88 Å². The number of nitrogens with one attached hydrogen (secondary N) is 3. The molecule has 1 aromatic heterocycles. The van der Waals surface area contributed by atoms with Gasteiger partial charge in [-0.1, -0.05) is 30.0 Å². The van der Waals surface area contributed by atoms with Crippen molar-refractivity contribution in [1.29, 1.82) is 0 Å². The summed E-state index contributed by atoms with van der Waals surface area (Å²) in [5, 5.41) is 22.3. The number of aliphatic hydroxyl groups excluding tert-OH is 1. The van der Waals surface area contributed by atoms with Gasteiger partial charge in [-0.25, -0.2) is 4.79 Å². The number of carbonyl (C=O) groups excluding carboxylic acids is 1. The molecule has 0 spiro atoms. The molecular weight excluding hydrogens is 358 g/mol. The van der Waals surface area contributed by atoms with Gasteiger partial charge >= 0.3 is 5.69 Å². The first-order chi connectivity index (χ1) is 13.4. The molecule has 1 heterocycles. The van der Waals surface area contributed by atoms with Crippen molar-refractivity contribution < 1.29 is 15.0 Å². The Labute approximate surface area is 161 Å². The summed E-state index contributed by atoms with van der Waals surface area (Å²) in [5.41, 5.74) is 1.38. The first-order valence-corrected chi connectivity index (χ1v) is 8.61. The van der Waals surface area contributed by atoms with Crippen LogP contribution < -0.4 is 11.0 Å². The van der Waals surface area contributed by atoms with Crippen LogP contribution in [-0.2, 0) is 0 Å². The highest BCUT2D eigenvalue weighted by Gasteiger charge is 2.25. The van der Waals surface area contributed by atoms with Crippen LogP contribution in [0.25, 0.3) is 0 Å². The number of imidazole rings is 1. The van der Waals surface area contributed by atoms with E-state index in [1.165, 1.54) is 6.92 Å². The van der Waals surface area contributed by atoms with Gasteiger partial charge in [-0.3, -0.25) is 9.78 Å². The van der Waals surface area contributed by atoms with E-state index in [-0.39, 0.29) is 5.69 Å². The number of rotatable bonds is 4. The zero-order chi connectivity index (χ0) is 20.1. The third kappa shape index (κ3) is 4.50. The molecule has 0 unspecified atom stereocenters. The topological polar surface area (TPSA) is 118 Å². The van der Waals surface area contributed by atoms with Gasteiger partial charge in [0.1, 0.15) is 11.7 Å². The van der Waals surface area contributed by atoms with Crippen LogP contribution in [0.2, 0.25) is 0 Å². The lowest BCUT2D eigenvalue weighted by Gasteiger charge is -2.20. The summed E-state index contributed by atoms with van der Waals surface area (Å²) in [6.07, 6.45) is -1.04. The quantitative estimate of drug-likeness (QED) is 0.444. The molecule has 7 heteroatoms. The Hall–Kier alpha value is -3.76. The minimum Gasteiger partial charge on any atom is -0.493 e. The van der Waals surface area contributed by atoms with Gasteiger partial charge in [-0.2, -0.15) is 0 Å². The van der Waals surface area contributed by atoms with Gasteiger partial charge in [-0.05, 0) is 43.3 Å². The van der Waals surface area contributed by atoms with Gasteiger partial charge < -0.3 is 20.5 Å². The smallest absolute Gasteiger partial charge is 0.326 e. The summed E-state index contributed by atoms with van der Waals surface area (Å²) >= 11 is 0. The Morgan fingerprint density at radius 3 is 2.14 bits per heavy atom. The molecule has 5 N–H and O–H groups in total. The SMILES string of the molecule is C[C@H](O)[C@@H](NC(=O)c1ccc(C#Cc2ccccc2)cc1)c1[nH]c(=O)[nH]c1O. The van der Waals surface area contributed by atoms with Crippen LogP contribution >= 0.6 is 0 Å². The number of aromatic nitrogens is 2. The van der Waals surface area contributed by atoms with E-state index in [9.17, 15) is 19.8 Å². The first kappa shape index (κ1) is 19.0. The average Bonchev–Trinajstić information content (AvgIpc) is 3.03. The van der Waals surface area contributed by atoms with E-state index >= 15 is 0 Å². The van der Waals surface area contributed by atoms with Crippen LogP contribution in [0.1, 0.15) is 40.1 Å². The molecule has 0 radical (unpaired) electrons. The average molecular weight is 377 g/mol. The molecule has 0 aliphatic heterocycles. The van der Waals surface area contributed by atoms with E-state index in [2.05, 4.69) is 27.1 Å². The second kappa shape index (κ2) is 8.29. The maximum atomic E-state index is 12.5. The third-order valence-corrected chi connectivity index (χ3v) is 4.09. The van der Waals surface area contributed by atoms with Crippen LogP contribution in [0.4, 0.5) is 0 Å². The largest absolute Gasteiger partial charge is 0.493 e. The van der Waals surface area contributed by atoms with Crippen LogP contribution in [0.15, 0.2) is 59.4 Å². The molecule has 3 rings (SSSR count). The maximum Gasteiger partial charge on any atom is 0.326 e. The number of aromatic hydroxyl groups is 1. The normalized spacial score (nSPS) is 12.5. The van der Waals surface area contributed by atoms with Gasteiger partial charge in [-0.15, -0.1) is 0 Å². The van der Waals surface area contributed by atoms with Crippen LogP contribution in [0.3, 0.4) is 0 Å². The van der Waals surface area contributed by atoms with E-state index in [1.807, 2.05) is 30.3 Å². The van der Waals surface area contributed by atoms with Crippen molar-refractivity contribution in [2.24, 2.45) is 0 Å². The van der Waals surface area contributed by atoms with E-state index < -0.39 is 29.6 Å². The van der Waals surface area contributed by atoms with E-state index in [0.717, 1.165) is 11.1 Å². The van der Waals surface area contributed by atoms with E-state index in [1.54, 1.807) is 24.3 Å². The van der Waals surface area contributed by atoms with Gasteiger partial charge in [0.25, 0.3) is 5.91 Å². The molecular formula is C21H19N3O4. The third-order valence-electron chi connectivity index (χ3n) is 4.09. The monoisotopic (exact) mass is 377 g/mol. The van der Waals surface area contributed by atoms with Gasteiger partial charge in [0.2, 0.25) is 5.88 Å². The van der Waals surface area contributed by atoms with Crippen LogP contribution in [-0.4, -0.2) is 32.2 Å². The summed E-state index contributed by atoms with van der Waals surface area (Å²) < 4.78 is 0. The lowest BCUT2D eigenvalue weighted by atomic mass is 10.1. The second-order valence-corrected chi connectivity index (χ2v) is 6.23. The van der Waals surface area contributed by atoms with Crippen molar-refractivity contribution in [1.82, 2.24) is 15.3 Å². The number of amides is 1. The number of aliphatic hydroxyl groups is 1. The fraction of sp³-hybridized carbons (Fsp3) is 0.143. The summed E-state index contributed by atoms with van der Waals surface area (Å²) in [4.78, 5) is 28.3. The van der Waals surface area contributed by atoms with Gasteiger partial charge in [0.15, 0.2) is 0 Å². The Balaban J connectivity index is 1.74. The van der Waals surface area contributed by atoms with Crippen molar-refractivity contribution in [3.05, 3.63) is 87.5 Å². The summed E-state index contributed by atoms with van der Waals surface area (Å²) in [7, 11) is 0. The number of carbonyl (C=O) groups is 1. The van der Waals surface area contributed by atoms with Gasteiger partial charge in [0, 0.05) is 16.7 Å². The van der Waals surface area contributed by atoms with Crippen molar-refractivity contribution in [2.75, 3.05) is 0 Å². The molecule has 0 aliphatic rings. The molecule has 0 saturated carbocycles. The summed E-state index contributed by atoms with van der Waals surface area (Å²) in [6.45, 7) is 1.44. The lowest BCUT2D eigenvalue weighted by Crippen LogP contribution is -2.35. The Morgan fingerprint density at radius 1 is 1.00 bits per heavy atom. The molecule has 0 saturated heterocycles. The summed E-state index contributed by atoms with van der Waals surface area (Å²) in [5.74, 6) is 5.17. The molecule has 7 nitrogen and oxygen atoms in total. The highest BCUT2D eigenvalue weighted by atomic mass is 16.3. The van der Waals surface area contributed by atoms with E-state index in [4.69, 9.17) is 0 Å². The standard InChI is InChI=1S/C21H19N3O4/c1-13(25)17(18-20(27)24-21(28)23-18)22-19(26)16-11-9-15(10-12-16)8-7-14-5-3-2-4-6-14/h2-6,9-13,17,25,27H,1H3,(H,22,26)(H2,23,24,28)/t13-,17+/m0/s1. The van der Waals surface area contributed by atoms with E-state index in [0.29, 0.717) is 5.56 Å². The highest BCUT2D eigenvalue weighted by molar-refractivity contribution is 5.94. The summed E-state index contributed by atoms with van der Waals surface area (Å²) in [6, 6.07) is 15.2. The zero-order valence-electron chi connectivity index (χ0n) is 15.1. The molecule has 142 valence electrons. The first-order valence-electron chi connectivity index (χ1n) is 8.61. The van der Waals surface area contributed by atoms with Gasteiger partial charge in [0.05, 0.1) is 6.10 Å². The molecule has 28 heavy (non-hydrogen) atoms. The predicted molar refractivity (Wildman–Crippen MR) is 104 cm³/mol. The van der Waals surface area contributed by atoms with Crippen molar-refractivity contribution in [2.45, 2.75) is 19.1 Å². The van der Waals surface area contributed by atoms with Crippen molar-refractivity contribution in [3.8, 4) is 17.7 Å². The number of H-pyrrole nitrogens is 2.